The SMILES string of the molecule is C/C=C(\C=C/CCC)NCC(O)NCc1ccc(F)cc1.CC.CC.CC=O.CCCC(C)(CCC)CNC. The van der Waals surface area contributed by atoms with E-state index < -0.39 is 6.23 Å². The molecule has 1 atom stereocenters. The second kappa shape index (κ2) is 34.0. The summed E-state index contributed by atoms with van der Waals surface area (Å²) in [5.41, 5.74) is 2.47. The molecule has 0 fully saturated rings. The summed E-state index contributed by atoms with van der Waals surface area (Å²) in [4.78, 5) is 8.81. The molecule has 0 spiro atoms. The van der Waals surface area contributed by atoms with E-state index in [9.17, 15) is 9.50 Å². The molecule has 4 N–H and O–H groups in total. The number of carbonyl (C=O) groups excluding carboxylic acids is 1. The summed E-state index contributed by atoms with van der Waals surface area (Å²) in [5, 5.41) is 19.3. The van der Waals surface area contributed by atoms with Gasteiger partial charge in [-0.25, -0.2) is 4.39 Å². The van der Waals surface area contributed by atoms with Gasteiger partial charge in [-0.05, 0) is 69.3 Å². The average molecular weight is 554 g/mol. The third kappa shape index (κ3) is 30.4. The lowest BCUT2D eigenvalue weighted by Crippen LogP contribution is -2.37. The lowest BCUT2D eigenvalue weighted by molar-refractivity contribution is -0.106. The molecule has 0 aliphatic carbocycles. The zero-order valence-electron chi connectivity index (χ0n) is 27.3. The minimum absolute atomic E-state index is 0.252. The van der Waals surface area contributed by atoms with Crippen LogP contribution in [0.2, 0.25) is 0 Å². The third-order valence-corrected chi connectivity index (χ3v) is 5.33. The maximum atomic E-state index is 12.8. The Morgan fingerprint density at radius 3 is 1.92 bits per heavy atom. The van der Waals surface area contributed by atoms with E-state index in [1.54, 1.807) is 12.1 Å². The summed E-state index contributed by atoms with van der Waals surface area (Å²) in [6, 6.07) is 6.23. The van der Waals surface area contributed by atoms with Crippen molar-refractivity contribution in [3.63, 3.8) is 0 Å². The highest BCUT2D eigenvalue weighted by Crippen LogP contribution is 2.27. The first kappa shape index (κ1) is 44.0. The summed E-state index contributed by atoms with van der Waals surface area (Å²) in [6.07, 6.45) is 13.7. The standard InChI is InChI=1S/C17H25FN2O.C10H23N.C2H4O.2C2H6/c1-3-5-6-7-16(4-2)19-13-17(21)20-12-14-8-10-15(18)11-9-14;1-5-7-10(3,8-6-2)9-11-4;1-2-3;2*1-2/h4,6-11,17,19-21H,3,5,12-13H2,1-2H3;11H,5-9H2,1-4H3;2H,1H3;2*1-2H3/b7-6-,16-4+;;;;. The van der Waals surface area contributed by atoms with Gasteiger partial charge in [-0.3, -0.25) is 5.32 Å². The third-order valence-electron chi connectivity index (χ3n) is 5.33. The zero-order chi connectivity index (χ0) is 31.0. The van der Waals surface area contributed by atoms with Crippen LogP contribution in [-0.2, 0) is 11.3 Å². The first-order chi connectivity index (χ1) is 18.7. The van der Waals surface area contributed by atoms with Crippen molar-refractivity contribution in [2.24, 2.45) is 5.41 Å². The Kier molecular flexibility index (Phi) is 38.4. The molecule has 0 saturated heterocycles. The minimum atomic E-state index is -0.662. The normalized spacial score (nSPS) is 11.4. The molecule has 0 bridgehead atoms. The van der Waals surface area contributed by atoms with Gasteiger partial charge in [-0.15, -0.1) is 0 Å². The summed E-state index contributed by atoms with van der Waals surface area (Å²) in [7, 11) is 2.05. The van der Waals surface area contributed by atoms with Gasteiger partial charge in [0, 0.05) is 18.8 Å². The first-order valence-corrected chi connectivity index (χ1v) is 15.0. The molecule has 5 nitrogen and oxygen atoms in total. The number of hydrogen-bond acceptors (Lipinski definition) is 5. The van der Waals surface area contributed by atoms with Crippen molar-refractivity contribution < 1.29 is 14.3 Å². The Bertz CT molecular complexity index is 659. The first-order valence-electron chi connectivity index (χ1n) is 15.0. The van der Waals surface area contributed by atoms with Gasteiger partial charge in [0.2, 0.25) is 0 Å². The number of aliphatic hydroxyl groups is 1. The maximum Gasteiger partial charge on any atom is 0.123 e. The van der Waals surface area contributed by atoms with Crippen LogP contribution < -0.4 is 16.0 Å². The Balaban J connectivity index is -0.000000286. The fourth-order valence-corrected chi connectivity index (χ4v) is 3.69. The second-order valence-corrected chi connectivity index (χ2v) is 8.92. The molecule has 0 aliphatic rings. The lowest BCUT2D eigenvalue weighted by Gasteiger charge is -2.28. The van der Waals surface area contributed by atoms with Crippen molar-refractivity contribution in [1.82, 2.24) is 16.0 Å². The number of aldehydes is 1. The fraction of sp³-hybridized carbons (Fsp3) is 0.667. The van der Waals surface area contributed by atoms with Crippen LogP contribution in [0.15, 0.2) is 48.2 Å². The smallest absolute Gasteiger partial charge is 0.123 e. The number of aliphatic hydroxyl groups excluding tert-OH is 1. The van der Waals surface area contributed by atoms with Gasteiger partial charge in [-0.2, -0.15) is 0 Å². The average Bonchev–Trinajstić information content (AvgIpc) is 2.94. The number of halogens is 1. The van der Waals surface area contributed by atoms with Crippen LogP contribution in [0.25, 0.3) is 0 Å². The molecule has 0 heterocycles. The minimum Gasteiger partial charge on any atom is -0.381 e. The van der Waals surface area contributed by atoms with Crippen LogP contribution >= 0.6 is 0 Å². The molecular weight excluding hydrogens is 489 g/mol. The fourth-order valence-electron chi connectivity index (χ4n) is 3.69. The summed E-state index contributed by atoms with van der Waals surface area (Å²) in [6.45, 7) is 22.5. The van der Waals surface area contributed by atoms with Crippen molar-refractivity contribution in [2.45, 2.75) is 121 Å². The van der Waals surface area contributed by atoms with E-state index in [0.717, 1.165) is 36.9 Å². The van der Waals surface area contributed by atoms with E-state index in [1.807, 2.05) is 53.8 Å². The summed E-state index contributed by atoms with van der Waals surface area (Å²) in [5.74, 6) is -0.252. The van der Waals surface area contributed by atoms with Gasteiger partial charge in [0.25, 0.3) is 0 Å². The Labute approximate surface area is 242 Å². The number of rotatable bonds is 15. The van der Waals surface area contributed by atoms with Crippen LogP contribution in [0.5, 0.6) is 0 Å². The van der Waals surface area contributed by atoms with Gasteiger partial charge in [0.15, 0.2) is 0 Å². The number of hydrogen-bond donors (Lipinski definition) is 4. The van der Waals surface area contributed by atoms with Gasteiger partial charge in [0.05, 0.1) is 6.54 Å². The van der Waals surface area contributed by atoms with Crippen LogP contribution in [0, 0.1) is 11.2 Å². The van der Waals surface area contributed by atoms with E-state index in [-0.39, 0.29) is 5.82 Å². The van der Waals surface area contributed by atoms with E-state index in [1.165, 1.54) is 44.7 Å². The summed E-state index contributed by atoms with van der Waals surface area (Å²) < 4.78 is 12.8. The molecule has 39 heavy (non-hydrogen) atoms. The number of allylic oxidation sites excluding steroid dienone is 3. The highest BCUT2D eigenvalue weighted by atomic mass is 19.1. The van der Waals surface area contributed by atoms with Crippen molar-refractivity contribution in [3.8, 4) is 0 Å². The molecule has 0 aromatic heterocycles. The highest BCUT2D eigenvalue weighted by molar-refractivity contribution is 5.44. The van der Waals surface area contributed by atoms with Crippen molar-refractivity contribution in [2.75, 3.05) is 20.1 Å². The Hall–Kier alpha value is -2.02. The van der Waals surface area contributed by atoms with Gasteiger partial charge in [0.1, 0.15) is 18.3 Å². The molecule has 230 valence electrons. The van der Waals surface area contributed by atoms with Crippen molar-refractivity contribution >= 4 is 6.29 Å². The topological polar surface area (TPSA) is 73.4 Å². The maximum absolute atomic E-state index is 12.8. The highest BCUT2D eigenvalue weighted by Gasteiger charge is 2.20. The van der Waals surface area contributed by atoms with E-state index in [2.05, 4.69) is 49.7 Å². The molecular formula is C33H64FN3O2. The molecule has 1 aromatic rings. The molecule has 0 radical (unpaired) electrons. The van der Waals surface area contributed by atoms with Crippen molar-refractivity contribution in [3.05, 3.63) is 59.6 Å². The lowest BCUT2D eigenvalue weighted by atomic mass is 9.81. The van der Waals surface area contributed by atoms with E-state index >= 15 is 0 Å². The summed E-state index contributed by atoms with van der Waals surface area (Å²) >= 11 is 0. The molecule has 0 amide bonds. The van der Waals surface area contributed by atoms with Crippen LogP contribution in [-0.4, -0.2) is 37.8 Å². The molecule has 0 saturated carbocycles. The predicted octanol–water partition coefficient (Wildman–Crippen LogP) is 8.15. The van der Waals surface area contributed by atoms with E-state index in [4.69, 9.17) is 4.79 Å². The number of carbonyl (C=O) groups is 1. The predicted molar refractivity (Wildman–Crippen MR) is 171 cm³/mol. The zero-order valence-corrected chi connectivity index (χ0v) is 27.3. The molecule has 1 rings (SSSR count). The molecule has 6 heteroatoms. The number of nitrogens with one attached hydrogen (secondary N) is 3. The Morgan fingerprint density at radius 2 is 1.51 bits per heavy atom. The van der Waals surface area contributed by atoms with E-state index in [0.29, 0.717) is 18.5 Å². The van der Waals surface area contributed by atoms with Crippen molar-refractivity contribution in [1.29, 1.82) is 0 Å². The van der Waals surface area contributed by atoms with Crippen LogP contribution in [0.4, 0.5) is 4.39 Å². The number of benzene rings is 1. The molecule has 0 aliphatic heterocycles. The number of unbranched alkanes of at least 4 members (excludes halogenated alkanes) is 1. The monoisotopic (exact) mass is 553 g/mol. The van der Waals surface area contributed by atoms with Crippen LogP contribution in [0.3, 0.4) is 0 Å². The molecule has 1 unspecified atom stereocenters. The van der Waals surface area contributed by atoms with Gasteiger partial charge < -0.3 is 20.5 Å². The van der Waals surface area contributed by atoms with Gasteiger partial charge in [-0.1, -0.05) is 98.9 Å². The van der Waals surface area contributed by atoms with Gasteiger partial charge >= 0.3 is 0 Å². The second-order valence-electron chi connectivity index (χ2n) is 8.92. The largest absolute Gasteiger partial charge is 0.381 e. The quantitative estimate of drug-likeness (QED) is 0.100. The Morgan fingerprint density at radius 1 is 1.00 bits per heavy atom. The van der Waals surface area contributed by atoms with Crippen LogP contribution in [0.1, 0.15) is 113 Å². The molecule has 1 aromatic carbocycles.